The van der Waals surface area contributed by atoms with Gasteiger partial charge in [0.2, 0.25) is 0 Å². The molecule has 0 aromatic carbocycles. The van der Waals surface area contributed by atoms with E-state index in [0.29, 0.717) is 12.8 Å². The molecule has 0 fully saturated rings. The number of esters is 2. The van der Waals surface area contributed by atoms with E-state index < -0.39 is 0 Å². The van der Waals surface area contributed by atoms with Crippen LogP contribution in [0.2, 0.25) is 0 Å². The summed E-state index contributed by atoms with van der Waals surface area (Å²) in [5.41, 5.74) is 0. The molecule has 0 amide bonds. The largest absolute Gasteiger partial charge is 0.393 e. The maximum atomic E-state index is 11.9. The highest BCUT2D eigenvalue weighted by atomic mass is 16.6. The summed E-state index contributed by atoms with van der Waals surface area (Å²) in [6.07, 6.45) is 46.5. The second-order valence-corrected chi connectivity index (χ2v) is 10.0. The highest BCUT2D eigenvalue weighted by molar-refractivity contribution is 5.85. The second kappa shape index (κ2) is 31.8. The Morgan fingerprint density at radius 2 is 0.718 bits per heavy atom. The van der Waals surface area contributed by atoms with Gasteiger partial charge in [0, 0.05) is 12.8 Å². The first-order valence-corrected chi connectivity index (χ1v) is 15.8. The fourth-order valence-electron chi connectivity index (χ4n) is 4.01. The van der Waals surface area contributed by atoms with Crippen LogP contribution in [0.3, 0.4) is 0 Å². The summed E-state index contributed by atoms with van der Waals surface area (Å²) in [5.74, 6) is -0.722. The van der Waals surface area contributed by atoms with Gasteiger partial charge in [-0.15, -0.1) is 0 Å². The van der Waals surface area contributed by atoms with Gasteiger partial charge in [0.05, 0.1) is 0 Å². The number of carbonyl (C=O) groups is 2. The molecule has 3 heteroatoms. The van der Waals surface area contributed by atoms with Crippen molar-refractivity contribution in [2.24, 2.45) is 0 Å². The predicted octanol–water partition coefficient (Wildman–Crippen LogP) is 11.2. The van der Waals surface area contributed by atoms with E-state index in [1.165, 1.54) is 25.7 Å². The molecule has 0 saturated heterocycles. The fourth-order valence-corrected chi connectivity index (χ4v) is 4.01. The van der Waals surface area contributed by atoms with E-state index in [2.05, 4.69) is 86.8 Å². The van der Waals surface area contributed by atoms with Crippen molar-refractivity contribution in [3.05, 3.63) is 72.9 Å². The summed E-state index contributed by atoms with van der Waals surface area (Å²) in [6.45, 7) is 4.30. The van der Waals surface area contributed by atoms with Gasteiger partial charge in [-0.1, -0.05) is 125 Å². The summed E-state index contributed by atoms with van der Waals surface area (Å²) >= 11 is 0. The van der Waals surface area contributed by atoms with Crippen LogP contribution in [0.25, 0.3) is 0 Å². The molecule has 0 atom stereocenters. The number of unbranched alkanes of at least 4 members (excludes halogenated alkanes) is 10. The number of hydrogen-bond donors (Lipinski definition) is 0. The smallest absolute Gasteiger partial charge is 0.313 e. The Bertz CT molecular complexity index is 674. The molecule has 0 N–H and O–H groups in total. The van der Waals surface area contributed by atoms with Gasteiger partial charge in [0.25, 0.3) is 0 Å². The van der Waals surface area contributed by atoms with Gasteiger partial charge in [-0.25, -0.2) is 0 Å². The molecule has 0 aliphatic heterocycles. The van der Waals surface area contributed by atoms with Crippen LogP contribution in [0.4, 0.5) is 0 Å². The first kappa shape index (κ1) is 36.6. The van der Waals surface area contributed by atoms with Crippen LogP contribution in [0.15, 0.2) is 72.9 Å². The van der Waals surface area contributed by atoms with Crippen molar-refractivity contribution in [1.82, 2.24) is 0 Å². The summed E-state index contributed by atoms with van der Waals surface area (Å²) in [5, 5.41) is 0. The molecule has 0 aromatic heterocycles. The molecule has 0 rings (SSSR count). The fraction of sp³-hybridized carbons (Fsp3) is 0.611. The minimum Gasteiger partial charge on any atom is -0.393 e. The van der Waals surface area contributed by atoms with Crippen LogP contribution >= 0.6 is 0 Å². The van der Waals surface area contributed by atoms with Gasteiger partial charge < -0.3 is 4.74 Å². The molecule has 220 valence electrons. The Balaban J connectivity index is 3.47. The molecule has 0 radical (unpaired) electrons. The van der Waals surface area contributed by atoms with Gasteiger partial charge >= 0.3 is 11.9 Å². The van der Waals surface area contributed by atoms with E-state index in [9.17, 15) is 9.59 Å². The van der Waals surface area contributed by atoms with Gasteiger partial charge in [0.1, 0.15) is 0 Å². The topological polar surface area (TPSA) is 43.4 Å². The molecule has 0 heterocycles. The molecule has 0 saturated carbocycles. The molecular weight excluding hydrogens is 480 g/mol. The van der Waals surface area contributed by atoms with Gasteiger partial charge in [-0.05, 0) is 77.0 Å². The monoisotopic (exact) mass is 538 g/mol. The van der Waals surface area contributed by atoms with E-state index in [-0.39, 0.29) is 11.9 Å². The first-order chi connectivity index (χ1) is 19.2. The second-order valence-electron chi connectivity index (χ2n) is 10.0. The molecule has 0 aliphatic carbocycles. The summed E-state index contributed by atoms with van der Waals surface area (Å²) in [7, 11) is 0. The lowest BCUT2D eigenvalue weighted by atomic mass is 10.1. The van der Waals surface area contributed by atoms with Crippen molar-refractivity contribution in [3.8, 4) is 0 Å². The molecule has 0 aromatic rings. The standard InChI is InChI=1S/C36H58O3/c1-3-5-7-9-11-13-15-17-19-21-23-25-27-29-31-33-35(37)39-36(38)34-32-30-28-26-24-22-20-18-16-14-12-10-8-6-4-2/h5-8,11-14,17-20H,3-4,9-10,15-16,21-34H2,1-2H3. The zero-order valence-corrected chi connectivity index (χ0v) is 25.3. The minimum absolute atomic E-state index is 0.352. The number of hydrogen-bond acceptors (Lipinski definition) is 3. The van der Waals surface area contributed by atoms with Crippen LogP contribution in [-0.4, -0.2) is 11.9 Å². The third-order valence-corrected chi connectivity index (χ3v) is 6.29. The Labute approximate surface area is 241 Å². The Kier molecular flexibility index (Phi) is 29.8. The third-order valence-electron chi connectivity index (χ3n) is 6.29. The van der Waals surface area contributed by atoms with E-state index >= 15 is 0 Å². The zero-order chi connectivity index (χ0) is 28.5. The summed E-state index contributed by atoms with van der Waals surface area (Å²) < 4.78 is 4.97. The van der Waals surface area contributed by atoms with Crippen molar-refractivity contribution >= 4 is 11.9 Å². The van der Waals surface area contributed by atoms with Crippen LogP contribution < -0.4 is 0 Å². The SMILES string of the molecule is CCC=CCC=CCC=CCCCCCCCC(=O)OC(=O)CCCCCCCC=CCC=CCC=CCC. The van der Waals surface area contributed by atoms with Gasteiger partial charge in [0.15, 0.2) is 0 Å². The predicted molar refractivity (Wildman–Crippen MR) is 170 cm³/mol. The number of rotatable bonds is 26. The van der Waals surface area contributed by atoms with Crippen molar-refractivity contribution in [3.63, 3.8) is 0 Å². The van der Waals surface area contributed by atoms with Gasteiger partial charge in [-0.2, -0.15) is 0 Å². The molecular formula is C36H58O3. The van der Waals surface area contributed by atoms with Crippen molar-refractivity contribution in [2.75, 3.05) is 0 Å². The summed E-state index contributed by atoms with van der Waals surface area (Å²) in [4.78, 5) is 23.7. The lowest BCUT2D eigenvalue weighted by Gasteiger charge is -2.04. The van der Waals surface area contributed by atoms with E-state index in [1.54, 1.807) is 0 Å². The van der Waals surface area contributed by atoms with Crippen LogP contribution in [0.1, 0.15) is 142 Å². The number of allylic oxidation sites excluding steroid dienone is 12. The lowest BCUT2D eigenvalue weighted by molar-refractivity contribution is -0.159. The zero-order valence-electron chi connectivity index (χ0n) is 25.3. The van der Waals surface area contributed by atoms with Crippen LogP contribution in [0, 0.1) is 0 Å². The van der Waals surface area contributed by atoms with Crippen molar-refractivity contribution < 1.29 is 14.3 Å². The highest BCUT2D eigenvalue weighted by Gasteiger charge is 2.09. The van der Waals surface area contributed by atoms with E-state index in [1.807, 2.05) is 0 Å². The molecule has 0 aliphatic rings. The normalized spacial score (nSPS) is 12.5. The molecule has 0 spiro atoms. The first-order valence-electron chi connectivity index (χ1n) is 15.8. The van der Waals surface area contributed by atoms with E-state index in [0.717, 1.165) is 89.9 Å². The third kappa shape index (κ3) is 31.7. The van der Waals surface area contributed by atoms with E-state index in [4.69, 9.17) is 4.74 Å². The molecule has 39 heavy (non-hydrogen) atoms. The molecule has 3 nitrogen and oxygen atoms in total. The number of ether oxygens (including phenoxy) is 1. The highest BCUT2D eigenvalue weighted by Crippen LogP contribution is 2.11. The van der Waals surface area contributed by atoms with Crippen LogP contribution in [0.5, 0.6) is 0 Å². The Morgan fingerprint density at radius 1 is 0.410 bits per heavy atom. The lowest BCUT2D eigenvalue weighted by Crippen LogP contribution is -2.11. The molecule has 0 bridgehead atoms. The summed E-state index contributed by atoms with van der Waals surface area (Å²) in [6, 6.07) is 0. The Hall–Kier alpha value is -2.42. The Morgan fingerprint density at radius 3 is 1.10 bits per heavy atom. The molecule has 0 unspecified atom stereocenters. The average Bonchev–Trinajstić information content (AvgIpc) is 2.93. The maximum Gasteiger partial charge on any atom is 0.313 e. The quantitative estimate of drug-likeness (QED) is 0.0476. The van der Waals surface area contributed by atoms with Crippen molar-refractivity contribution in [2.45, 2.75) is 142 Å². The number of carbonyl (C=O) groups excluding carboxylic acids is 2. The minimum atomic E-state index is -0.361. The van der Waals surface area contributed by atoms with Crippen molar-refractivity contribution in [1.29, 1.82) is 0 Å². The average molecular weight is 539 g/mol. The van der Waals surface area contributed by atoms with Crippen LogP contribution in [-0.2, 0) is 14.3 Å². The maximum absolute atomic E-state index is 11.9. The van der Waals surface area contributed by atoms with Gasteiger partial charge in [-0.3, -0.25) is 9.59 Å².